The number of benzene rings is 1. The van der Waals surface area contributed by atoms with Crippen molar-refractivity contribution in [3.8, 4) is 5.75 Å². The number of rotatable bonds is 2. The molecule has 74 valence electrons. The van der Waals surface area contributed by atoms with Gasteiger partial charge in [0.2, 0.25) is 0 Å². The molecule has 0 saturated heterocycles. The van der Waals surface area contributed by atoms with Crippen molar-refractivity contribution in [1.29, 1.82) is 0 Å². The summed E-state index contributed by atoms with van der Waals surface area (Å²) in [6.07, 6.45) is 4.32. The molecular formula is C12H13FO. The van der Waals surface area contributed by atoms with Crippen LogP contribution in [0.15, 0.2) is 12.1 Å². The van der Waals surface area contributed by atoms with E-state index in [-0.39, 0.29) is 5.82 Å². The number of hydrogen-bond donors (Lipinski definition) is 1. The Balaban J connectivity index is 2.03. The van der Waals surface area contributed by atoms with Crippen LogP contribution < -0.4 is 0 Å². The molecule has 2 fully saturated rings. The predicted octanol–water partition coefficient (Wildman–Crippen LogP) is 3.29. The van der Waals surface area contributed by atoms with Crippen molar-refractivity contribution in [3.05, 3.63) is 29.1 Å². The van der Waals surface area contributed by atoms with E-state index < -0.39 is 0 Å². The van der Waals surface area contributed by atoms with Crippen molar-refractivity contribution in [2.45, 2.75) is 37.5 Å². The van der Waals surface area contributed by atoms with E-state index in [1.807, 2.05) is 0 Å². The highest BCUT2D eigenvalue weighted by molar-refractivity contribution is 5.43. The first-order valence-electron chi connectivity index (χ1n) is 5.28. The van der Waals surface area contributed by atoms with Gasteiger partial charge in [-0.1, -0.05) is 0 Å². The van der Waals surface area contributed by atoms with Crippen LogP contribution in [-0.2, 0) is 0 Å². The zero-order valence-corrected chi connectivity index (χ0v) is 7.96. The van der Waals surface area contributed by atoms with Crippen LogP contribution in [0, 0.1) is 5.82 Å². The van der Waals surface area contributed by atoms with Crippen LogP contribution in [0.1, 0.15) is 48.6 Å². The summed E-state index contributed by atoms with van der Waals surface area (Å²) in [5.74, 6) is 0.968. The van der Waals surface area contributed by atoms with Crippen molar-refractivity contribution in [2.24, 2.45) is 0 Å². The fourth-order valence-electron chi connectivity index (χ4n) is 2.02. The van der Waals surface area contributed by atoms with Gasteiger partial charge in [0, 0.05) is 0 Å². The van der Waals surface area contributed by atoms with Gasteiger partial charge >= 0.3 is 0 Å². The second-order valence-electron chi connectivity index (χ2n) is 4.48. The summed E-state index contributed by atoms with van der Waals surface area (Å²) in [6, 6.07) is 3.18. The van der Waals surface area contributed by atoms with Gasteiger partial charge in [-0.25, -0.2) is 4.39 Å². The third-order valence-electron chi connectivity index (χ3n) is 3.18. The summed E-state index contributed by atoms with van der Waals surface area (Å²) in [7, 11) is 0. The van der Waals surface area contributed by atoms with Crippen LogP contribution >= 0.6 is 0 Å². The molecule has 0 spiro atoms. The second kappa shape index (κ2) is 2.72. The molecule has 0 aliphatic heterocycles. The molecular weight excluding hydrogens is 179 g/mol. The summed E-state index contributed by atoms with van der Waals surface area (Å²) >= 11 is 0. The lowest BCUT2D eigenvalue weighted by atomic mass is 10.0. The average molecular weight is 192 g/mol. The van der Waals surface area contributed by atoms with Crippen LogP contribution in [0.4, 0.5) is 4.39 Å². The number of halogens is 1. The summed E-state index contributed by atoms with van der Waals surface area (Å²) in [5, 5.41) is 9.74. The molecule has 1 aromatic rings. The van der Waals surface area contributed by atoms with Gasteiger partial charge in [-0.3, -0.25) is 0 Å². The Hall–Kier alpha value is -1.05. The van der Waals surface area contributed by atoms with Gasteiger partial charge in [-0.05, 0) is 60.8 Å². The Bertz CT molecular complexity index is 340. The SMILES string of the molecule is Oc1cc(C2CC2)c(F)cc1C1CC1. The maximum Gasteiger partial charge on any atom is 0.127 e. The van der Waals surface area contributed by atoms with Crippen LogP contribution in [0.5, 0.6) is 5.75 Å². The Morgan fingerprint density at radius 1 is 1.00 bits per heavy atom. The molecule has 1 N–H and O–H groups in total. The highest BCUT2D eigenvalue weighted by Gasteiger charge is 2.31. The fourth-order valence-corrected chi connectivity index (χ4v) is 2.02. The van der Waals surface area contributed by atoms with E-state index in [1.54, 1.807) is 12.1 Å². The van der Waals surface area contributed by atoms with Gasteiger partial charge in [0.25, 0.3) is 0 Å². The summed E-state index contributed by atoms with van der Waals surface area (Å²) in [5.41, 5.74) is 1.53. The molecule has 0 atom stereocenters. The molecule has 0 heterocycles. The maximum absolute atomic E-state index is 13.6. The van der Waals surface area contributed by atoms with Crippen LogP contribution in [0.25, 0.3) is 0 Å². The molecule has 0 aromatic heterocycles. The number of hydrogen-bond acceptors (Lipinski definition) is 1. The molecule has 14 heavy (non-hydrogen) atoms. The van der Waals surface area contributed by atoms with E-state index in [0.717, 1.165) is 31.2 Å². The molecule has 1 aromatic carbocycles. The predicted molar refractivity (Wildman–Crippen MR) is 52.0 cm³/mol. The van der Waals surface area contributed by atoms with Crippen LogP contribution in [0.3, 0.4) is 0 Å². The third-order valence-corrected chi connectivity index (χ3v) is 3.18. The van der Waals surface area contributed by atoms with E-state index >= 15 is 0 Å². The van der Waals surface area contributed by atoms with E-state index in [2.05, 4.69) is 0 Å². The number of aromatic hydroxyl groups is 1. The molecule has 2 saturated carbocycles. The average Bonchev–Trinajstić information content (AvgIpc) is 3.03. The normalized spacial score (nSPS) is 21.2. The lowest BCUT2D eigenvalue weighted by Crippen LogP contribution is -1.91. The molecule has 2 aliphatic carbocycles. The lowest BCUT2D eigenvalue weighted by molar-refractivity contribution is 0.464. The number of phenolic OH excluding ortho intramolecular Hbond substituents is 1. The van der Waals surface area contributed by atoms with E-state index in [1.165, 1.54) is 0 Å². The van der Waals surface area contributed by atoms with Gasteiger partial charge in [0.1, 0.15) is 11.6 Å². The molecule has 2 heteroatoms. The first kappa shape index (κ1) is 8.27. The van der Waals surface area contributed by atoms with Crippen molar-refractivity contribution < 1.29 is 9.50 Å². The minimum atomic E-state index is -0.118. The smallest absolute Gasteiger partial charge is 0.127 e. The molecule has 0 amide bonds. The monoisotopic (exact) mass is 192 g/mol. The van der Waals surface area contributed by atoms with E-state index in [0.29, 0.717) is 23.1 Å². The quantitative estimate of drug-likeness (QED) is 0.762. The van der Waals surface area contributed by atoms with Crippen LogP contribution in [0.2, 0.25) is 0 Å². The molecule has 0 unspecified atom stereocenters. The van der Waals surface area contributed by atoms with E-state index in [9.17, 15) is 9.50 Å². The Morgan fingerprint density at radius 2 is 1.57 bits per heavy atom. The van der Waals surface area contributed by atoms with Crippen molar-refractivity contribution in [2.75, 3.05) is 0 Å². The van der Waals surface area contributed by atoms with Crippen molar-refractivity contribution >= 4 is 0 Å². The lowest BCUT2D eigenvalue weighted by Gasteiger charge is -2.07. The fraction of sp³-hybridized carbons (Fsp3) is 0.500. The minimum Gasteiger partial charge on any atom is -0.508 e. The highest BCUT2D eigenvalue weighted by atomic mass is 19.1. The Kier molecular flexibility index (Phi) is 1.61. The molecule has 1 nitrogen and oxygen atoms in total. The highest BCUT2D eigenvalue weighted by Crippen LogP contribution is 2.48. The van der Waals surface area contributed by atoms with Gasteiger partial charge in [-0.2, -0.15) is 0 Å². The van der Waals surface area contributed by atoms with Crippen molar-refractivity contribution in [1.82, 2.24) is 0 Å². The first-order valence-corrected chi connectivity index (χ1v) is 5.28. The zero-order valence-electron chi connectivity index (χ0n) is 7.96. The molecule has 2 aliphatic rings. The Morgan fingerprint density at radius 3 is 2.14 bits per heavy atom. The summed E-state index contributed by atoms with van der Waals surface area (Å²) in [4.78, 5) is 0. The Labute approximate surface area is 82.6 Å². The molecule has 3 rings (SSSR count). The van der Waals surface area contributed by atoms with E-state index in [4.69, 9.17) is 0 Å². The van der Waals surface area contributed by atoms with Gasteiger partial charge in [0.15, 0.2) is 0 Å². The van der Waals surface area contributed by atoms with Gasteiger partial charge in [0.05, 0.1) is 0 Å². The van der Waals surface area contributed by atoms with Crippen molar-refractivity contribution in [3.63, 3.8) is 0 Å². The third kappa shape index (κ3) is 1.29. The number of phenols is 1. The zero-order chi connectivity index (χ0) is 9.71. The topological polar surface area (TPSA) is 20.2 Å². The van der Waals surface area contributed by atoms with Crippen LogP contribution in [-0.4, -0.2) is 5.11 Å². The largest absolute Gasteiger partial charge is 0.508 e. The standard InChI is InChI=1S/C12H13FO/c13-11-5-10(8-3-4-8)12(14)6-9(11)7-1-2-7/h5-8,14H,1-4H2. The van der Waals surface area contributed by atoms with Gasteiger partial charge < -0.3 is 5.11 Å². The first-order chi connectivity index (χ1) is 6.75. The summed E-state index contributed by atoms with van der Waals surface area (Å²) in [6.45, 7) is 0. The van der Waals surface area contributed by atoms with Gasteiger partial charge in [-0.15, -0.1) is 0 Å². The minimum absolute atomic E-state index is 0.118. The summed E-state index contributed by atoms with van der Waals surface area (Å²) < 4.78 is 13.6. The second-order valence-corrected chi connectivity index (χ2v) is 4.48. The molecule has 0 radical (unpaired) electrons. The molecule has 0 bridgehead atoms. The maximum atomic E-state index is 13.6.